The molecule has 186 valence electrons. The average Bonchev–Trinajstić information content (AvgIpc) is 2.83. The lowest BCUT2D eigenvalue weighted by molar-refractivity contribution is -0.271. The molecule has 0 spiro atoms. The van der Waals surface area contributed by atoms with E-state index in [0.29, 0.717) is 0 Å². The molecule has 3 aromatic rings. The van der Waals surface area contributed by atoms with Crippen LogP contribution in [0.4, 0.5) is 0 Å². The van der Waals surface area contributed by atoms with Crippen LogP contribution in [0, 0.1) is 0 Å². The van der Waals surface area contributed by atoms with E-state index in [0.717, 1.165) is 6.07 Å². The number of phenolic OH excluding ortho intramolecular Hbond substituents is 2. The predicted octanol–water partition coefficient (Wildman–Crippen LogP) is -0.144. The van der Waals surface area contributed by atoms with Crippen molar-refractivity contribution in [3.63, 3.8) is 0 Å². The van der Waals surface area contributed by atoms with Gasteiger partial charge < -0.3 is 54.4 Å². The molecule has 0 unspecified atom stereocenters. The standard InChI is InChI=1S/C22H20O13/c1-32-10-6-9(23)11-13(25)15(27)18(34-19(11)12(10)24)7-2-4-8(5-3-7)33-22-17(29)14(26)16(28)20(35-22)21(30)31/h2-6,14,16-17,20,22-24,26-29H,1H3,(H,30,31)/t14-,16-,17+,20+,22-/m1/s1. The first-order valence-corrected chi connectivity index (χ1v) is 10.0. The highest BCUT2D eigenvalue weighted by Crippen LogP contribution is 2.42. The summed E-state index contributed by atoms with van der Waals surface area (Å²) in [6.07, 6.45) is -8.98. The molecule has 0 amide bonds. The van der Waals surface area contributed by atoms with Gasteiger partial charge in [-0.25, -0.2) is 4.79 Å². The molecule has 13 heteroatoms. The molecule has 1 fully saturated rings. The third kappa shape index (κ3) is 4.06. The van der Waals surface area contributed by atoms with E-state index >= 15 is 0 Å². The number of carboxylic acid groups (broad SMARTS) is 1. The van der Waals surface area contributed by atoms with Gasteiger partial charge in [-0.05, 0) is 24.3 Å². The van der Waals surface area contributed by atoms with Crippen molar-refractivity contribution in [2.75, 3.05) is 7.11 Å². The number of fused-ring (bicyclic) bond motifs is 1. The van der Waals surface area contributed by atoms with E-state index in [1.165, 1.54) is 31.4 Å². The molecule has 1 saturated heterocycles. The largest absolute Gasteiger partial charge is 0.507 e. The maximum atomic E-state index is 12.6. The van der Waals surface area contributed by atoms with Crippen molar-refractivity contribution in [1.82, 2.24) is 0 Å². The van der Waals surface area contributed by atoms with Gasteiger partial charge in [0.15, 0.2) is 23.2 Å². The second-order valence-electron chi connectivity index (χ2n) is 7.64. The number of aliphatic hydroxyl groups is 3. The summed E-state index contributed by atoms with van der Waals surface area (Å²) in [6.45, 7) is 0. The monoisotopic (exact) mass is 492 g/mol. The van der Waals surface area contributed by atoms with Gasteiger partial charge in [0.25, 0.3) is 0 Å². The quantitative estimate of drug-likeness (QED) is 0.231. The minimum atomic E-state index is -1.88. The van der Waals surface area contributed by atoms with Gasteiger partial charge in [0.05, 0.1) is 7.11 Å². The number of ether oxygens (including phenoxy) is 3. The van der Waals surface area contributed by atoms with Crippen LogP contribution in [0.3, 0.4) is 0 Å². The number of carboxylic acids is 1. The molecular formula is C22H20O13. The second-order valence-corrected chi connectivity index (χ2v) is 7.64. The van der Waals surface area contributed by atoms with Crippen molar-refractivity contribution in [3.8, 4) is 40.1 Å². The van der Waals surface area contributed by atoms with Crippen molar-refractivity contribution >= 4 is 16.9 Å². The Kier molecular flexibility index (Phi) is 6.17. The van der Waals surface area contributed by atoms with Crippen LogP contribution < -0.4 is 14.9 Å². The van der Waals surface area contributed by atoms with E-state index in [4.69, 9.17) is 23.7 Å². The molecule has 13 nitrogen and oxygen atoms in total. The van der Waals surface area contributed by atoms with Gasteiger partial charge in [-0.3, -0.25) is 4.79 Å². The number of hydrogen-bond donors (Lipinski definition) is 7. The fraction of sp³-hybridized carbons (Fsp3) is 0.273. The maximum absolute atomic E-state index is 12.6. The Morgan fingerprint density at radius 1 is 0.971 bits per heavy atom. The molecule has 4 rings (SSSR count). The van der Waals surface area contributed by atoms with E-state index in [9.17, 15) is 40.2 Å². The molecule has 1 aromatic heterocycles. The van der Waals surface area contributed by atoms with E-state index in [2.05, 4.69) is 0 Å². The highest BCUT2D eigenvalue weighted by Gasteiger charge is 2.48. The minimum absolute atomic E-state index is 0.0234. The molecule has 0 aliphatic carbocycles. The Morgan fingerprint density at radius 3 is 2.23 bits per heavy atom. The number of carbonyl (C=O) groups is 1. The molecule has 0 bridgehead atoms. The second kappa shape index (κ2) is 8.96. The first-order chi connectivity index (χ1) is 16.5. The van der Waals surface area contributed by atoms with Gasteiger partial charge in [0, 0.05) is 11.6 Å². The fourth-order valence-electron chi connectivity index (χ4n) is 3.62. The van der Waals surface area contributed by atoms with Crippen LogP contribution >= 0.6 is 0 Å². The van der Waals surface area contributed by atoms with Crippen LogP contribution in [-0.2, 0) is 9.53 Å². The van der Waals surface area contributed by atoms with Crippen molar-refractivity contribution in [2.45, 2.75) is 30.7 Å². The molecule has 5 atom stereocenters. The summed E-state index contributed by atoms with van der Waals surface area (Å²) >= 11 is 0. The lowest BCUT2D eigenvalue weighted by Crippen LogP contribution is -2.61. The van der Waals surface area contributed by atoms with E-state index in [1.54, 1.807) is 0 Å². The molecule has 2 aromatic carbocycles. The molecule has 1 aliphatic rings. The molecule has 1 aliphatic heterocycles. The Bertz CT molecular complexity index is 1330. The fourth-order valence-corrected chi connectivity index (χ4v) is 3.62. The number of aromatic hydroxyl groups is 3. The van der Waals surface area contributed by atoms with Crippen LogP contribution in [0.25, 0.3) is 22.3 Å². The number of phenols is 2. The van der Waals surface area contributed by atoms with Crippen molar-refractivity contribution in [1.29, 1.82) is 0 Å². The van der Waals surface area contributed by atoms with Gasteiger partial charge in [-0.1, -0.05) is 0 Å². The lowest BCUT2D eigenvalue weighted by atomic mass is 9.99. The summed E-state index contributed by atoms with van der Waals surface area (Å²) in [5, 5.41) is 69.2. The summed E-state index contributed by atoms with van der Waals surface area (Å²) in [7, 11) is 1.23. The molecule has 35 heavy (non-hydrogen) atoms. The number of aliphatic hydroxyl groups excluding tert-OH is 3. The average molecular weight is 492 g/mol. The molecule has 2 heterocycles. The third-order valence-electron chi connectivity index (χ3n) is 5.46. The number of methoxy groups -OCH3 is 1. The van der Waals surface area contributed by atoms with Crippen LogP contribution in [0.2, 0.25) is 0 Å². The summed E-state index contributed by atoms with van der Waals surface area (Å²) in [6, 6.07) is 6.24. The van der Waals surface area contributed by atoms with Crippen molar-refractivity contribution in [2.24, 2.45) is 0 Å². The van der Waals surface area contributed by atoms with Gasteiger partial charge in [-0.2, -0.15) is 0 Å². The molecule has 7 N–H and O–H groups in total. The molecular weight excluding hydrogens is 472 g/mol. The zero-order chi connectivity index (χ0) is 25.6. The number of benzene rings is 2. The SMILES string of the molecule is COc1cc(O)c2c(=O)c(O)c(-c3ccc(O[C@@H]4O[C@H](C(=O)O)[C@H](O)[C@@H](O)[C@@H]4O)cc3)oc2c1O. The van der Waals surface area contributed by atoms with E-state index < -0.39 is 70.3 Å². The molecule has 0 saturated carbocycles. The van der Waals surface area contributed by atoms with Crippen molar-refractivity contribution < 1.29 is 59.2 Å². The highest BCUT2D eigenvalue weighted by atomic mass is 16.7. The Balaban J connectivity index is 1.67. The Morgan fingerprint density at radius 2 is 1.63 bits per heavy atom. The van der Waals surface area contributed by atoms with Crippen molar-refractivity contribution in [3.05, 3.63) is 40.6 Å². The minimum Gasteiger partial charge on any atom is -0.507 e. The van der Waals surface area contributed by atoms with E-state index in [-0.39, 0.29) is 22.8 Å². The normalized spacial score (nSPS) is 24.3. The zero-order valence-corrected chi connectivity index (χ0v) is 17.9. The van der Waals surface area contributed by atoms with Gasteiger partial charge in [0.2, 0.25) is 23.2 Å². The first kappa shape index (κ1) is 24.1. The Hall–Kier alpha value is -4.04. The van der Waals surface area contributed by atoms with Gasteiger partial charge in [0.1, 0.15) is 35.2 Å². The van der Waals surface area contributed by atoms with Crippen LogP contribution in [0.5, 0.6) is 28.7 Å². The topological polar surface area (TPSA) is 217 Å². The summed E-state index contributed by atoms with van der Waals surface area (Å²) in [5.41, 5.74) is -1.30. The smallest absolute Gasteiger partial charge is 0.335 e. The summed E-state index contributed by atoms with van der Waals surface area (Å²) in [5.74, 6) is -4.07. The van der Waals surface area contributed by atoms with Gasteiger partial charge >= 0.3 is 5.97 Å². The summed E-state index contributed by atoms with van der Waals surface area (Å²) in [4.78, 5) is 23.8. The van der Waals surface area contributed by atoms with Crippen LogP contribution in [0.1, 0.15) is 0 Å². The first-order valence-electron chi connectivity index (χ1n) is 10.0. The number of hydrogen-bond acceptors (Lipinski definition) is 12. The third-order valence-corrected chi connectivity index (χ3v) is 5.46. The van der Waals surface area contributed by atoms with Crippen LogP contribution in [-0.4, -0.2) is 79.5 Å². The van der Waals surface area contributed by atoms with Crippen LogP contribution in [0.15, 0.2) is 39.5 Å². The molecule has 0 radical (unpaired) electrons. The lowest BCUT2D eigenvalue weighted by Gasteiger charge is -2.38. The Labute approximate surface area is 195 Å². The predicted molar refractivity (Wildman–Crippen MR) is 114 cm³/mol. The van der Waals surface area contributed by atoms with E-state index in [1.807, 2.05) is 0 Å². The van der Waals surface area contributed by atoms with Gasteiger partial charge in [-0.15, -0.1) is 0 Å². The maximum Gasteiger partial charge on any atom is 0.335 e. The highest BCUT2D eigenvalue weighted by molar-refractivity contribution is 5.93. The zero-order valence-electron chi connectivity index (χ0n) is 17.9. The number of aliphatic carboxylic acids is 1. The number of rotatable bonds is 5. The summed E-state index contributed by atoms with van der Waals surface area (Å²) < 4.78 is 20.9.